The van der Waals surface area contributed by atoms with Crippen molar-refractivity contribution in [3.05, 3.63) is 83.8 Å². The fraction of sp³-hybridized carbons (Fsp3) is 0.240. The molecule has 8 nitrogen and oxygen atoms in total. The Morgan fingerprint density at radius 1 is 0.939 bits per heavy atom. The second-order valence-electron chi connectivity index (χ2n) is 7.64. The number of hydrogen-bond donors (Lipinski definition) is 2. The Kier molecular flexibility index (Phi) is 8.24. The third-order valence-electron chi connectivity index (χ3n) is 4.44. The van der Waals surface area contributed by atoms with Gasteiger partial charge in [0.15, 0.2) is 6.61 Å². The molecule has 3 aromatic rings. The van der Waals surface area contributed by atoms with E-state index in [1.165, 1.54) is 6.07 Å². The van der Waals surface area contributed by atoms with Gasteiger partial charge in [-0.25, -0.2) is 4.79 Å². The summed E-state index contributed by atoms with van der Waals surface area (Å²) in [6.07, 6.45) is 0. The lowest BCUT2D eigenvalue weighted by Crippen LogP contribution is -2.29. The van der Waals surface area contributed by atoms with Gasteiger partial charge < -0.3 is 24.5 Å². The Labute approximate surface area is 191 Å². The predicted octanol–water partition coefficient (Wildman–Crippen LogP) is 4.04. The number of esters is 1. The van der Waals surface area contributed by atoms with E-state index < -0.39 is 18.5 Å². The van der Waals surface area contributed by atoms with Gasteiger partial charge in [0.05, 0.1) is 11.3 Å². The van der Waals surface area contributed by atoms with Crippen LogP contribution in [0, 0.1) is 5.92 Å². The van der Waals surface area contributed by atoms with Crippen molar-refractivity contribution in [1.82, 2.24) is 5.32 Å². The molecule has 0 aliphatic carbocycles. The first-order valence-corrected chi connectivity index (χ1v) is 10.5. The van der Waals surface area contributed by atoms with Crippen molar-refractivity contribution < 1.29 is 28.3 Å². The molecule has 172 valence electrons. The van der Waals surface area contributed by atoms with E-state index in [1.54, 1.807) is 30.3 Å². The summed E-state index contributed by atoms with van der Waals surface area (Å²) >= 11 is 0. The van der Waals surface area contributed by atoms with Crippen molar-refractivity contribution in [2.75, 3.05) is 18.5 Å². The summed E-state index contributed by atoms with van der Waals surface area (Å²) in [6.45, 7) is 4.10. The largest absolute Gasteiger partial charge is 0.486 e. The lowest BCUT2D eigenvalue weighted by Gasteiger charge is -2.12. The molecule has 0 saturated heterocycles. The van der Waals surface area contributed by atoms with Crippen molar-refractivity contribution in [2.45, 2.75) is 20.5 Å². The number of hydrogen-bond acceptors (Lipinski definition) is 6. The molecule has 0 spiro atoms. The van der Waals surface area contributed by atoms with E-state index >= 15 is 0 Å². The summed E-state index contributed by atoms with van der Waals surface area (Å²) in [5, 5.41) is 5.41. The lowest BCUT2D eigenvalue weighted by atomic mass is 10.1. The zero-order valence-corrected chi connectivity index (χ0v) is 18.5. The highest BCUT2D eigenvalue weighted by Crippen LogP contribution is 2.16. The maximum atomic E-state index is 12.4. The molecule has 1 heterocycles. The number of carbonyl (C=O) groups is 3. The monoisotopic (exact) mass is 450 g/mol. The summed E-state index contributed by atoms with van der Waals surface area (Å²) in [7, 11) is 0. The van der Waals surface area contributed by atoms with Crippen LogP contribution in [-0.2, 0) is 16.1 Å². The SMILES string of the molecule is CC(C)CNC(=O)c1ccccc1NC(=O)COC(=O)c1ccc(COc2ccccc2)o1. The summed E-state index contributed by atoms with van der Waals surface area (Å²) in [5.74, 6) is -0.280. The van der Waals surface area contributed by atoms with Crippen molar-refractivity contribution >= 4 is 23.5 Å². The summed E-state index contributed by atoms with van der Waals surface area (Å²) < 4.78 is 16.0. The molecule has 0 bridgehead atoms. The van der Waals surface area contributed by atoms with Crippen LogP contribution in [0.3, 0.4) is 0 Å². The van der Waals surface area contributed by atoms with Crippen molar-refractivity contribution in [2.24, 2.45) is 5.92 Å². The predicted molar refractivity (Wildman–Crippen MR) is 122 cm³/mol. The van der Waals surface area contributed by atoms with E-state index in [0.29, 0.717) is 35.2 Å². The van der Waals surface area contributed by atoms with Crippen LogP contribution in [0.2, 0.25) is 0 Å². The van der Waals surface area contributed by atoms with E-state index in [9.17, 15) is 14.4 Å². The van der Waals surface area contributed by atoms with Gasteiger partial charge in [-0.15, -0.1) is 0 Å². The first kappa shape index (κ1) is 23.6. The average Bonchev–Trinajstić information content (AvgIpc) is 3.30. The number of carbonyl (C=O) groups excluding carboxylic acids is 3. The van der Waals surface area contributed by atoms with E-state index in [-0.39, 0.29) is 18.3 Å². The quantitative estimate of drug-likeness (QED) is 0.452. The van der Waals surface area contributed by atoms with Crippen LogP contribution in [0.4, 0.5) is 5.69 Å². The smallest absolute Gasteiger partial charge is 0.374 e. The van der Waals surface area contributed by atoms with E-state index in [1.807, 2.05) is 44.2 Å². The van der Waals surface area contributed by atoms with Gasteiger partial charge in [-0.2, -0.15) is 0 Å². The number of ether oxygens (including phenoxy) is 2. The molecule has 0 unspecified atom stereocenters. The van der Waals surface area contributed by atoms with Gasteiger partial charge in [-0.05, 0) is 42.3 Å². The van der Waals surface area contributed by atoms with Crippen molar-refractivity contribution in [1.29, 1.82) is 0 Å². The minimum Gasteiger partial charge on any atom is -0.486 e. The maximum absolute atomic E-state index is 12.4. The van der Waals surface area contributed by atoms with Gasteiger partial charge in [0.2, 0.25) is 5.76 Å². The molecule has 2 amide bonds. The van der Waals surface area contributed by atoms with Crippen LogP contribution in [0.15, 0.2) is 71.1 Å². The molecule has 8 heteroatoms. The first-order valence-electron chi connectivity index (χ1n) is 10.5. The third kappa shape index (κ3) is 7.24. The molecule has 1 aromatic heterocycles. The van der Waals surface area contributed by atoms with Gasteiger partial charge in [0, 0.05) is 6.54 Å². The van der Waals surface area contributed by atoms with Crippen LogP contribution in [-0.4, -0.2) is 30.9 Å². The number of anilines is 1. The van der Waals surface area contributed by atoms with Crippen LogP contribution in [0.5, 0.6) is 5.75 Å². The number of amides is 2. The maximum Gasteiger partial charge on any atom is 0.374 e. The third-order valence-corrected chi connectivity index (χ3v) is 4.44. The van der Waals surface area contributed by atoms with Gasteiger partial charge in [-0.1, -0.05) is 44.2 Å². The van der Waals surface area contributed by atoms with Crippen molar-refractivity contribution in [3.63, 3.8) is 0 Å². The summed E-state index contributed by atoms with van der Waals surface area (Å²) in [4.78, 5) is 36.9. The van der Waals surface area contributed by atoms with E-state index in [4.69, 9.17) is 13.9 Å². The van der Waals surface area contributed by atoms with Crippen LogP contribution >= 0.6 is 0 Å². The van der Waals surface area contributed by atoms with Gasteiger partial charge in [-0.3, -0.25) is 9.59 Å². The fourth-order valence-electron chi connectivity index (χ4n) is 2.81. The number of benzene rings is 2. The molecule has 0 aliphatic heterocycles. The minimum atomic E-state index is -0.779. The highest BCUT2D eigenvalue weighted by molar-refractivity contribution is 6.04. The van der Waals surface area contributed by atoms with Gasteiger partial charge in [0.1, 0.15) is 18.1 Å². The first-order chi connectivity index (χ1) is 15.9. The molecule has 3 rings (SSSR count). The number of rotatable bonds is 10. The van der Waals surface area contributed by atoms with Crippen molar-refractivity contribution in [3.8, 4) is 5.75 Å². The Morgan fingerprint density at radius 3 is 2.42 bits per heavy atom. The molecular weight excluding hydrogens is 424 g/mol. The molecule has 0 fully saturated rings. The second kappa shape index (κ2) is 11.5. The highest BCUT2D eigenvalue weighted by Gasteiger charge is 2.17. The molecule has 2 N–H and O–H groups in total. The molecule has 2 aromatic carbocycles. The number of para-hydroxylation sites is 2. The standard InChI is InChI=1S/C25H26N2O6/c1-17(2)14-26-24(29)20-10-6-7-11-21(20)27-23(28)16-32-25(30)22-13-12-19(33-22)15-31-18-8-4-3-5-9-18/h3-13,17H,14-16H2,1-2H3,(H,26,29)(H,27,28). The van der Waals surface area contributed by atoms with Gasteiger partial charge >= 0.3 is 5.97 Å². The lowest BCUT2D eigenvalue weighted by molar-refractivity contribution is -0.119. The second-order valence-corrected chi connectivity index (χ2v) is 7.64. The zero-order chi connectivity index (χ0) is 23.6. The average molecular weight is 450 g/mol. The molecule has 0 saturated carbocycles. The van der Waals surface area contributed by atoms with E-state index in [0.717, 1.165) is 0 Å². The Bertz CT molecular complexity index is 1090. The molecule has 33 heavy (non-hydrogen) atoms. The molecule has 0 atom stereocenters. The van der Waals surface area contributed by atoms with E-state index in [2.05, 4.69) is 10.6 Å². The summed E-state index contributed by atoms with van der Waals surface area (Å²) in [6, 6.07) is 18.9. The number of nitrogens with one attached hydrogen (secondary N) is 2. The molecule has 0 radical (unpaired) electrons. The molecule has 0 aliphatic rings. The minimum absolute atomic E-state index is 0.0390. The zero-order valence-electron chi connectivity index (χ0n) is 18.5. The fourth-order valence-corrected chi connectivity index (χ4v) is 2.81. The highest BCUT2D eigenvalue weighted by atomic mass is 16.6. The topological polar surface area (TPSA) is 107 Å². The normalized spacial score (nSPS) is 10.5. The Balaban J connectivity index is 1.50. The van der Waals surface area contributed by atoms with Crippen LogP contribution in [0.25, 0.3) is 0 Å². The summed E-state index contributed by atoms with van der Waals surface area (Å²) in [5.41, 5.74) is 0.657. The van der Waals surface area contributed by atoms with Crippen LogP contribution in [0.1, 0.15) is 40.5 Å². The number of furan rings is 1. The molecular formula is C25H26N2O6. The van der Waals surface area contributed by atoms with Crippen LogP contribution < -0.4 is 15.4 Å². The Morgan fingerprint density at radius 2 is 1.67 bits per heavy atom. The Hall–Kier alpha value is -4.07. The van der Waals surface area contributed by atoms with Gasteiger partial charge in [0.25, 0.3) is 11.8 Å².